The molecule has 2 heterocycles. The number of carbonyl (C=O) groups is 1. The van der Waals surface area contributed by atoms with Crippen molar-refractivity contribution in [1.29, 1.82) is 0 Å². The Balaban J connectivity index is 1.38. The van der Waals surface area contributed by atoms with Crippen LogP contribution in [0.4, 0.5) is 16.3 Å². The molecule has 28 heavy (non-hydrogen) atoms. The lowest BCUT2D eigenvalue weighted by Gasteiger charge is -2.34. The van der Waals surface area contributed by atoms with Crippen molar-refractivity contribution >= 4 is 29.2 Å². The maximum atomic E-state index is 12.0. The van der Waals surface area contributed by atoms with Crippen LogP contribution in [0, 0.1) is 0 Å². The molecule has 9 heteroatoms. The largest absolute Gasteiger partial charge is 0.492 e. The number of nitrogens with zero attached hydrogens (tertiary/aromatic N) is 4. The summed E-state index contributed by atoms with van der Waals surface area (Å²) in [5.74, 6) is 1.45. The van der Waals surface area contributed by atoms with E-state index in [-0.39, 0.29) is 0 Å². The molecule has 150 valence electrons. The monoisotopic (exact) mass is 405 g/mol. The number of nitrogens with one attached hydrogen (secondary N) is 1. The standard InChI is InChI=1S/C19H24ClN5O3/c1-2-27-16-6-4-3-5-15(16)21-19(26)28-14-13-24-9-11-25(12-10-24)18-8-7-17(20)22-23-18/h3-8H,2,9-14H2,1H3,(H,21,26). The predicted octanol–water partition coefficient (Wildman–Crippen LogP) is 2.90. The molecule has 1 fully saturated rings. The van der Waals surface area contributed by atoms with Crippen molar-refractivity contribution < 1.29 is 14.3 Å². The molecular formula is C19H24ClN5O3. The number of aromatic nitrogens is 2. The zero-order valence-electron chi connectivity index (χ0n) is 15.8. The molecule has 0 bridgehead atoms. The van der Waals surface area contributed by atoms with Gasteiger partial charge in [-0.05, 0) is 31.2 Å². The van der Waals surface area contributed by atoms with Crippen LogP contribution >= 0.6 is 11.6 Å². The molecule has 1 saturated heterocycles. The van der Waals surface area contributed by atoms with Crippen molar-refractivity contribution in [1.82, 2.24) is 15.1 Å². The molecule has 3 rings (SSSR count). The lowest BCUT2D eigenvalue weighted by molar-refractivity contribution is 0.137. The number of anilines is 2. The summed E-state index contributed by atoms with van der Waals surface area (Å²) < 4.78 is 10.8. The quantitative estimate of drug-likeness (QED) is 0.758. The van der Waals surface area contributed by atoms with E-state index < -0.39 is 6.09 Å². The van der Waals surface area contributed by atoms with Gasteiger partial charge in [0.2, 0.25) is 0 Å². The fourth-order valence-electron chi connectivity index (χ4n) is 2.94. The minimum Gasteiger partial charge on any atom is -0.492 e. The molecule has 0 aliphatic carbocycles. The highest BCUT2D eigenvalue weighted by atomic mass is 35.5. The number of halogens is 1. The number of amides is 1. The van der Waals surface area contributed by atoms with E-state index in [1.165, 1.54) is 0 Å². The van der Waals surface area contributed by atoms with Crippen LogP contribution in [0.15, 0.2) is 36.4 Å². The average molecular weight is 406 g/mol. The third-order valence-corrected chi connectivity index (χ3v) is 4.58. The summed E-state index contributed by atoms with van der Waals surface area (Å²) in [7, 11) is 0. The van der Waals surface area contributed by atoms with Crippen molar-refractivity contribution in [3.05, 3.63) is 41.6 Å². The highest BCUT2D eigenvalue weighted by molar-refractivity contribution is 6.29. The molecule has 1 aliphatic rings. The first-order valence-corrected chi connectivity index (χ1v) is 9.65. The van der Waals surface area contributed by atoms with Crippen molar-refractivity contribution in [2.75, 3.05) is 56.2 Å². The molecule has 1 N–H and O–H groups in total. The molecule has 2 aromatic rings. The Morgan fingerprint density at radius 1 is 1.14 bits per heavy atom. The summed E-state index contributed by atoms with van der Waals surface area (Å²) >= 11 is 5.78. The molecule has 0 saturated carbocycles. The second kappa shape index (κ2) is 10.1. The van der Waals surface area contributed by atoms with Gasteiger partial charge in [-0.15, -0.1) is 10.2 Å². The van der Waals surface area contributed by atoms with E-state index in [1.807, 2.05) is 31.2 Å². The summed E-state index contributed by atoms with van der Waals surface area (Å²) in [6.07, 6.45) is -0.484. The molecule has 1 aliphatic heterocycles. The Morgan fingerprint density at radius 3 is 2.64 bits per heavy atom. The maximum absolute atomic E-state index is 12.0. The summed E-state index contributed by atoms with van der Waals surface area (Å²) in [5.41, 5.74) is 0.604. The van der Waals surface area contributed by atoms with Crippen LogP contribution < -0.4 is 15.0 Å². The minimum absolute atomic E-state index is 0.323. The van der Waals surface area contributed by atoms with Crippen LogP contribution in [-0.4, -0.2) is 67.1 Å². The van der Waals surface area contributed by atoms with E-state index in [0.717, 1.165) is 32.0 Å². The van der Waals surface area contributed by atoms with Gasteiger partial charge in [0.1, 0.15) is 12.4 Å². The van der Waals surface area contributed by atoms with Gasteiger partial charge >= 0.3 is 6.09 Å². The lowest BCUT2D eigenvalue weighted by Crippen LogP contribution is -2.47. The Bertz CT molecular complexity index is 766. The van der Waals surface area contributed by atoms with Crippen LogP contribution in [0.2, 0.25) is 5.15 Å². The molecular weight excluding hydrogens is 382 g/mol. The summed E-state index contributed by atoms with van der Waals surface area (Å²) in [6, 6.07) is 10.9. The van der Waals surface area contributed by atoms with Gasteiger partial charge in [0.05, 0.1) is 12.3 Å². The normalized spacial score (nSPS) is 14.6. The van der Waals surface area contributed by atoms with E-state index in [4.69, 9.17) is 21.1 Å². The topological polar surface area (TPSA) is 79.8 Å². The fraction of sp³-hybridized carbons (Fsp3) is 0.421. The van der Waals surface area contributed by atoms with Gasteiger partial charge in [0.15, 0.2) is 11.0 Å². The number of hydrogen-bond donors (Lipinski definition) is 1. The van der Waals surface area contributed by atoms with Gasteiger partial charge < -0.3 is 14.4 Å². The SMILES string of the molecule is CCOc1ccccc1NC(=O)OCCN1CCN(c2ccc(Cl)nn2)CC1. The van der Waals surface area contributed by atoms with Crippen LogP contribution in [0.3, 0.4) is 0 Å². The summed E-state index contributed by atoms with van der Waals surface area (Å²) in [6.45, 7) is 6.83. The number of benzene rings is 1. The zero-order chi connectivity index (χ0) is 19.8. The van der Waals surface area contributed by atoms with E-state index in [1.54, 1.807) is 12.1 Å². The van der Waals surface area contributed by atoms with Crippen molar-refractivity contribution in [3.63, 3.8) is 0 Å². The van der Waals surface area contributed by atoms with Crippen molar-refractivity contribution in [3.8, 4) is 5.75 Å². The van der Waals surface area contributed by atoms with Crippen LogP contribution in [0.25, 0.3) is 0 Å². The number of ether oxygens (including phenoxy) is 2. The minimum atomic E-state index is -0.484. The average Bonchev–Trinajstić information content (AvgIpc) is 2.71. The van der Waals surface area contributed by atoms with E-state index in [2.05, 4.69) is 25.3 Å². The first kappa shape index (κ1) is 20.2. The van der Waals surface area contributed by atoms with E-state index in [9.17, 15) is 4.79 Å². The number of carbonyl (C=O) groups excluding carboxylic acids is 1. The third-order valence-electron chi connectivity index (χ3n) is 4.38. The Hall–Kier alpha value is -2.58. The van der Waals surface area contributed by atoms with Gasteiger partial charge in [-0.2, -0.15) is 0 Å². The first-order valence-electron chi connectivity index (χ1n) is 9.28. The van der Waals surface area contributed by atoms with E-state index in [0.29, 0.717) is 36.3 Å². The van der Waals surface area contributed by atoms with Crippen LogP contribution in [0.1, 0.15) is 6.92 Å². The van der Waals surface area contributed by atoms with Crippen molar-refractivity contribution in [2.45, 2.75) is 6.92 Å². The molecule has 1 amide bonds. The number of hydrogen-bond acceptors (Lipinski definition) is 7. The van der Waals surface area contributed by atoms with Crippen LogP contribution in [0.5, 0.6) is 5.75 Å². The summed E-state index contributed by atoms with van der Waals surface area (Å²) in [4.78, 5) is 16.4. The third kappa shape index (κ3) is 5.71. The first-order chi connectivity index (χ1) is 13.7. The molecule has 0 radical (unpaired) electrons. The number of rotatable bonds is 7. The van der Waals surface area contributed by atoms with Crippen molar-refractivity contribution in [2.24, 2.45) is 0 Å². The number of piperazine rings is 1. The smallest absolute Gasteiger partial charge is 0.411 e. The van der Waals surface area contributed by atoms with Crippen LogP contribution in [-0.2, 0) is 4.74 Å². The van der Waals surface area contributed by atoms with E-state index >= 15 is 0 Å². The summed E-state index contributed by atoms with van der Waals surface area (Å²) in [5, 5.41) is 11.1. The molecule has 0 spiro atoms. The Morgan fingerprint density at radius 2 is 1.93 bits per heavy atom. The number of para-hydroxylation sites is 2. The molecule has 0 unspecified atom stereocenters. The maximum Gasteiger partial charge on any atom is 0.411 e. The van der Waals surface area contributed by atoms with Gasteiger partial charge in [-0.1, -0.05) is 23.7 Å². The zero-order valence-corrected chi connectivity index (χ0v) is 16.6. The Labute approximate surface area is 169 Å². The fourth-order valence-corrected chi connectivity index (χ4v) is 3.04. The highest BCUT2D eigenvalue weighted by Gasteiger charge is 2.18. The Kier molecular flexibility index (Phi) is 7.27. The van der Waals surface area contributed by atoms with Gasteiger partial charge in [0, 0.05) is 32.7 Å². The van der Waals surface area contributed by atoms with Gasteiger partial charge in [0.25, 0.3) is 0 Å². The van der Waals surface area contributed by atoms with Gasteiger partial charge in [-0.3, -0.25) is 10.2 Å². The second-order valence-electron chi connectivity index (χ2n) is 6.23. The second-order valence-corrected chi connectivity index (χ2v) is 6.62. The highest BCUT2D eigenvalue weighted by Crippen LogP contribution is 2.23. The molecule has 1 aromatic heterocycles. The molecule has 1 aromatic carbocycles. The molecule has 8 nitrogen and oxygen atoms in total. The lowest BCUT2D eigenvalue weighted by atomic mass is 10.3. The van der Waals surface area contributed by atoms with Gasteiger partial charge in [-0.25, -0.2) is 4.79 Å². The molecule has 0 atom stereocenters. The predicted molar refractivity (Wildman–Crippen MR) is 108 cm³/mol.